The Balaban J connectivity index is 2.37. The van der Waals surface area contributed by atoms with Gasteiger partial charge in [0.25, 0.3) is 0 Å². The number of rotatable bonds is 7. The highest BCUT2D eigenvalue weighted by atomic mass is 15.2. The van der Waals surface area contributed by atoms with Crippen molar-refractivity contribution in [2.24, 2.45) is 0 Å². The number of anilines is 2. The van der Waals surface area contributed by atoms with E-state index in [9.17, 15) is 0 Å². The molecular weight excluding hydrogens is 236 g/mol. The molecule has 0 atom stereocenters. The second kappa shape index (κ2) is 6.22. The molecule has 0 spiro atoms. The van der Waals surface area contributed by atoms with Gasteiger partial charge < -0.3 is 10.2 Å². The lowest BCUT2D eigenvalue weighted by Gasteiger charge is -2.25. The summed E-state index contributed by atoms with van der Waals surface area (Å²) < 4.78 is 0. The third-order valence-electron chi connectivity index (χ3n) is 3.60. The minimum atomic E-state index is 0.594. The second-order valence-corrected chi connectivity index (χ2v) is 5.39. The van der Waals surface area contributed by atoms with Crippen LogP contribution in [0.5, 0.6) is 0 Å². The molecule has 19 heavy (non-hydrogen) atoms. The molecule has 106 valence electrons. The van der Waals surface area contributed by atoms with Gasteiger partial charge >= 0.3 is 0 Å². The number of hydrogen-bond acceptors (Lipinski definition) is 4. The maximum absolute atomic E-state index is 4.86. The third-order valence-corrected chi connectivity index (χ3v) is 3.60. The quantitative estimate of drug-likeness (QED) is 0.818. The first-order valence-corrected chi connectivity index (χ1v) is 7.52. The van der Waals surface area contributed by atoms with Gasteiger partial charge in [0.05, 0.1) is 0 Å². The lowest BCUT2D eigenvalue weighted by molar-refractivity contribution is 0.724. The molecule has 1 aromatic rings. The summed E-state index contributed by atoms with van der Waals surface area (Å²) in [6.07, 6.45) is 4.79. The first-order valence-electron chi connectivity index (χ1n) is 7.52. The van der Waals surface area contributed by atoms with Crippen LogP contribution in [0.4, 0.5) is 11.6 Å². The molecule has 1 fully saturated rings. The maximum Gasteiger partial charge on any atom is 0.137 e. The van der Waals surface area contributed by atoms with Gasteiger partial charge in [-0.1, -0.05) is 13.8 Å². The van der Waals surface area contributed by atoms with Gasteiger partial charge in [-0.2, -0.15) is 0 Å². The van der Waals surface area contributed by atoms with Gasteiger partial charge in [-0.25, -0.2) is 9.97 Å². The fraction of sp³-hybridized carbons (Fsp3) is 0.733. The number of aromatic nitrogens is 2. The van der Waals surface area contributed by atoms with Crippen molar-refractivity contribution in [3.05, 3.63) is 11.4 Å². The highest BCUT2D eigenvalue weighted by Gasteiger charge is 2.28. The topological polar surface area (TPSA) is 41.1 Å². The van der Waals surface area contributed by atoms with Crippen LogP contribution in [0.1, 0.15) is 56.8 Å². The van der Waals surface area contributed by atoms with E-state index in [1.54, 1.807) is 0 Å². The molecule has 0 radical (unpaired) electrons. The Morgan fingerprint density at radius 2 is 1.79 bits per heavy atom. The minimum absolute atomic E-state index is 0.594. The summed E-state index contributed by atoms with van der Waals surface area (Å²) >= 11 is 0. The summed E-state index contributed by atoms with van der Waals surface area (Å²) in [5.41, 5.74) is 1.17. The molecule has 0 saturated heterocycles. The van der Waals surface area contributed by atoms with Crippen LogP contribution in [-0.4, -0.2) is 30.1 Å². The van der Waals surface area contributed by atoms with Crippen LogP contribution in [0.25, 0.3) is 0 Å². The maximum atomic E-state index is 4.86. The Bertz CT molecular complexity index is 420. The molecule has 1 aromatic heterocycles. The Morgan fingerprint density at radius 3 is 2.26 bits per heavy atom. The van der Waals surface area contributed by atoms with Crippen molar-refractivity contribution in [2.45, 2.75) is 52.4 Å². The molecule has 1 aliphatic rings. The van der Waals surface area contributed by atoms with E-state index in [4.69, 9.17) is 4.98 Å². The zero-order valence-electron chi connectivity index (χ0n) is 12.7. The van der Waals surface area contributed by atoms with E-state index >= 15 is 0 Å². The molecule has 1 heterocycles. The van der Waals surface area contributed by atoms with Gasteiger partial charge in [0.1, 0.15) is 17.5 Å². The number of nitrogens with zero attached hydrogens (tertiary/aromatic N) is 3. The molecule has 0 aliphatic heterocycles. The van der Waals surface area contributed by atoms with E-state index in [1.807, 2.05) is 7.05 Å². The van der Waals surface area contributed by atoms with Gasteiger partial charge in [0.15, 0.2) is 0 Å². The van der Waals surface area contributed by atoms with Crippen LogP contribution in [-0.2, 0) is 0 Å². The molecular formula is C15H26N4. The lowest BCUT2D eigenvalue weighted by Crippen LogP contribution is -2.27. The van der Waals surface area contributed by atoms with Crippen molar-refractivity contribution in [3.63, 3.8) is 0 Å². The monoisotopic (exact) mass is 262 g/mol. The molecule has 4 heteroatoms. The van der Waals surface area contributed by atoms with Gasteiger partial charge in [0, 0.05) is 31.6 Å². The summed E-state index contributed by atoms with van der Waals surface area (Å²) in [6.45, 7) is 8.70. The van der Waals surface area contributed by atoms with Crippen molar-refractivity contribution < 1.29 is 0 Å². The Morgan fingerprint density at radius 1 is 1.16 bits per heavy atom. The highest BCUT2D eigenvalue weighted by Crippen LogP contribution is 2.40. The zero-order chi connectivity index (χ0) is 13.8. The van der Waals surface area contributed by atoms with Crippen LogP contribution in [0.15, 0.2) is 0 Å². The molecule has 1 saturated carbocycles. The van der Waals surface area contributed by atoms with E-state index in [-0.39, 0.29) is 0 Å². The fourth-order valence-corrected chi connectivity index (χ4v) is 2.46. The van der Waals surface area contributed by atoms with Crippen molar-refractivity contribution in [2.75, 3.05) is 30.4 Å². The number of nitrogens with one attached hydrogen (secondary N) is 1. The van der Waals surface area contributed by atoms with E-state index in [1.165, 1.54) is 18.4 Å². The van der Waals surface area contributed by atoms with Crippen LogP contribution in [0.2, 0.25) is 0 Å². The van der Waals surface area contributed by atoms with E-state index in [0.717, 1.165) is 43.4 Å². The van der Waals surface area contributed by atoms with E-state index in [2.05, 4.69) is 36.0 Å². The predicted octanol–water partition coefficient (Wildman–Crippen LogP) is 3.33. The molecule has 2 rings (SSSR count). The minimum Gasteiger partial charge on any atom is -0.373 e. The van der Waals surface area contributed by atoms with Crippen molar-refractivity contribution in [1.82, 2.24) is 9.97 Å². The van der Waals surface area contributed by atoms with Crippen LogP contribution in [0, 0.1) is 6.92 Å². The van der Waals surface area contributed by atoms with Crippen molar-refractivity contribution in [1.29, 1.82) is 0 Å². The lowest BCUT2D eigenvalue weighted by atomic mass is 10.2. The first-order chi connectivity index (χ1) is 9.21. The summed E-state index contributed by atoms with van der Waals surface area (Å²) in [5.74, 6) is 3.74. The Hall–Kier alpha value is -1.32. The molecule has 0 aromatic carbocycles. The highest BCUT2D eigenvalue weighted by molar-refractivity contribution is 5.58. The van der Waals surface area contributed by atoms with Crippen LogP contribution in [0.3, 0.4) is 0 Å². The second-order valence-electron chi connectivity index (χ2n) is 5.39. The SMILES string of the molecule is CCCN(CCC)c1nc(C2CC2)nc(NC)c1C. The van der Waals surface area contributed by atoms with Crippen LogP contribution < -0.4 is 10.2 Å². The Labute approximate surface area is 116 Å². The third kappa shape index (κ3) is 3.17. The molecule has 0 unspecified atom stereocenters. The van der Waals surface area contributed by atoms with E-state index < -0.39 is 0 Å². The van der Waals surface area contributed by atoms with E-state index in [0.29, 0.717) is 5.92 Å². The summed E-state index contributed by atoms with van der Waals surface area (Å²) in [4.78, 5) is 11.9. The predicted molar refractivity (Wildman–Crippen MR) is 81.1 cm³/mol. The molecule has 0 bridgehead atoms. The van der Waals surface area contributed by atoms with Crippen molar-refractivity contribution in [3.8, 4) is 0 Å². The Kier molecular flexibility index (Phi) is 4.61. The smallest absolute Gasteiger partial charge is 0.137 e. The molecule has 4 nitrogen and oxygen atoms in total. The summed E-state index contributed by atoms with van der Waals surface area (Å²) in [6, 6.07) is 0. The van der Waals surface area contributed by atoms with Gasteiger partial charge in [-0.15, -0.1) is 0 Å². The molecule has 0 amide bonds. The fourth-order valence-electron chi connectivity index (χ4n) is 2.46. The van der Waals surface area contributed by atoms with Gasteiger partial charge in [0.2, 0.25) is 0 Å². The van der Waals surface area contributed by atoms with Gasteiger partial charge in [-0.3, -0.25) is 0 Å². The van der Waals surface area contributed by atoms with Crippen molar-refractivity contribution >= 4 is 11.6 Å². The average Bonchev–Trinajstić information content (AvgIpc) is 3.23. The molecule has 1 N–H and O–H groups in total. The average molecular weight is 262 g/mol. The first kappa shape index (κ1) is 14.1. The number of hydrogen-bond donors (Lipinski definition) is 1. The normalized spacial score (nSPS) is 14.5. The standard InChI is InChI=1S/C15H26N4/c1-5-9-19(10-6-2)15-11(3)13(16-4)17-14(18-15)12-7-8-12/h12H,5-10H2,1-4H3,(H,16,17,18). The largest absolute Gasteiger partial charge is 0.373 e. The molecule has 1 aliphatic carbocycles. The summed E-state index contributed by atoms with van der Waals surface area (Å²) in [5, 5.41) is 3.22. The van der Waals surface area contributed by atoms with Crippen LogP contribution >= 0.6 is 0 Å². The van der Waals surface area contributed by atoms with Gasteiger partial charge in [-0.05, 0) is 32.6 Å². The summed E-state index contributed by atoms with van der Waals surface area (Å²) in [7, 11) is 1.94. The zero-order valence-corrected chi connectivity index (χ0v) is 12.7.